The number of rotatable bonds is 12. The number of hydrogen-bond donors (Lipinski definition) is 0. The maximum Gasteiger partial charge on any atom is 0.328 e. The van der Waals surface area contributed by atoms with Crippen molar-refractivity contribution in [2.75, 3.05) is 55.3 Å². The van der Waals surface area contributed by atoms with Gasteiger partial charge in [0.2, 0.25) is 11.7 Å². The number of carbonyl (C=O) groups excluding carboxylic acids is 2. The molecule has 1 fully saturated rings. The second-order valence-corrected chi connectivity index (χ2v) is 8.76. The van der Waals surface area contributed by atoms with Crippen LogP contribution in [0.15, 0.2) is 30.3 Å². The summed E-state index contributed by atoms with van der Waals surface area (Å²) in [6, 6.07) is 8.05. The standard InChI is InChI=1S/C28H37NO9/c1-18(19-15-24(34-4)26(36-6)25(16-19)35-5)27(30)29-12-8-7-9-21(29)28(31)38-14-13-37-20-10-11-22(32-2)23(17-20)33-3/h10-11,15-18,21H,7-9,12-14H2,1-6H3/t18-,21-/m0/s1. The average Bonchev–Trinajstić information content (AvgIpc) is 2.97. The van der Waals surface area contributed by atoms with Crippen LogP contribution >= 0.6 is 0 Å². The lowest BCUT2D eigenvalue weighted by Crippen LogP contribution is -2.50. The third-order valence-corrected chi connectivity index (χ3v) is 6.57. The molecule has 0 aromatic heterocycles. The number of esters is 1. The fourth-order valence-electron chi connectivity index (χ4n) is 4.49. The van der Waals surface area contributed by atoms with Gasteiger partial charge in [-0.3, -0.25) is 4.79 Å². The van der Waals surface area contributed by atoms with E-state index < -0.39 is 17.9 Å². The number of ether oxygens (including phenoxy) is 7. The number of amides is 1. The van der Waals surface area contributed by atoms with E-state index in [1.165, 1.54) is 21.3 Å². The summed E-state index contributed by atoms with van der Waals surface area (Å²) in [6.07, 6.45) is 2.20. The van der Waals surface area contributed by atoms with Gasteiger partial charge in [-0.05, 0) is 56.0 Å². The van der Waals surface area contributed by atoms with Gasteiger partial charge in [-0.15, -0.1) is 0 Å². The van der Waals surface area contributed by atoms with E-state index in [4.69, 9.17) is 33.2 Å². The zero-order valence-electron chi connectivity index (χ0n) is 22.9. The minimum Gasteiger partial charge on any atom is -0.493 e. The van der Waals surface area contributed by atoms with Crippen LogP contribution in [0.1, 0.15) is 37.7 Å². The highest BCUT2D eigenvalue weighted by Crippen LogP contribution is 2.40. The molecule has 1 heterocycles. The molecule has 38 heavy (non-hydrogen) atoms. The van der Waals surface area contributed by atoms with Crippen LogP contribution in [0.5, 0.6) is 34.5 Å². The molecule has 0 radical (unpaired) electrons. The Labute approximate surface area is 223 Å². The van der Waals surface area contributed by atoms with Gasteiger partial charge in [0.1, 0.15) is 25.0 Å². The van der Waals surface area contributed by atoms with Crippen LogP contribution in [0.2, 0.25) is 0 Å². The van der Waals surface area contributed by atoms with Crippen LogP contribution in [-0.4, -0.2) is 78.1 Å². The Kier molecular flexibility index (Phi) is 10.3. The maximum atomic E-state index is 13.6. The van der Waals surface area contributed by atoms with Crippen molar-refractivity contribution in [1.82, 2.24) is 4.90 Å². The fraction of sp³-hybridized carbons (Fsp3) is 0.500. The lowest BCUT2D eigenvalue weighted by atomic mass is 9.95. The van der Waals surface area contributed by atoms with Gasteiger partial charge >= 0.3 is 5.97 Å². The van der Waals surface area contributed by atoms with Crippen molar-refractivity contribution in [3.05, 3.63) is 35.9 Å². The summed E-state index contributed by atoms with van der Waals surface area (Å²) in [5.74, 6) is 1.93. The number of methoxy groups -OCH3 is 5. The first-order valence-corrected chi connectivity index (χ1v) is 12.5. The molecule has 0 aliphatic carbocycles. The van der Waals surface area contributed by atoms with Gasteiger partial charge < -0.3 is 38.1 Å². The summed E-state index contributed by atoms with van der Waals surface area (Å²) in [6.45, 7) is 2.49. The largest absolute Gasteiger partial charge is 0.493 e. The number of nitrogens with zero attached hydrogens (tertiary/aromatic N) is 1. The number of hydrogen-bond acceptors (Lipinski definition) is 9. The molecule has 1 aliphatic rings. The monoisotopic (exact) mass is 531 g/mol. The maximum absolute atomic E-state index is 13.6. The van der Waals surface area contributed by atoms with Crippen molar-refractivity contribution in [3.63, 3.8) is 0 Å². The van der Waals surface area contributed by atoms with Gasteiger partial charge in [-0.25, -0.2) is 4.79 Å². The van der Waals surface area contributed by atoms with E-state index >= 15 is 0 Å². The molecule has 2 aromatic carbocycles. The molecule has 10 heteroatoms. The van der Waals surface area contributed by atoms with Crippen molar-refractivity contribution < 1.29 is 42.7 Å². The predicted octanol–water partition coefficient (Wildman–Crippen LogP) is 3.84. The minimum absolute atomic E-state index is 0.0497. The molecule has 2 aromatic rings. The van der Waals surface area contributed by atoms with Crippen LogP contribution < -0.4 is 28.4 Å². The first kappa shape index (κ1) is 28.7. The Bertz CT molecular complexity index is 1080. The molecule has 1 aliphatic heterocycles. The van der Waals surface area contributed by atoms with Crippen molar-refractivity contribution >= 4 is 11.9 Å². The fourth-order valence-corrected chi connectivity index (χ4v) is 4.49. The SMILES string of the molecule is COc1ccc(OCCOC(=O)[C@@H]2CCCCN2C(=O)[C@@H](C)c2cc(OC)c(OC)c(OC)c2)cc1OC. The number of carbonyl (C=O) groups is 2. The Balaban J connectivity index is 1.63. The van der Waals surface area contributed by atoms with Crippen LogP contribution in [-0.2, 0) is 14.3 Å². The van der Waals surface area contributed by atoms with E-state index in [-0.39, 0.29) is 19.1 Å². The quantitative estimate of drug-likeness (QED) is 0.299. The Hall–Kier alpha value is -3.82. The molecule has 0 spiro atoms. The smallest absolute Gasteiger partial charge is 0.328 e. The highest BCUT2D eigenvalue weighted by Gasteiger charge is 2.36. The number of likely N-dealkylation sites (tertiary alicyclic amines) is 1. The molecule has 208 valence electrons. The van der Waals surface area contributed by atoms with E-state index in [1.807, 2.05) is 0 Å². The molecular formula is C28H37NO9. The van der Waals surface area contributed by atoms with E-state index in [2.05, 4.69) is 0 Å². The highest BCUT2D eigenvalue weighted by molar-refractivity contribution is 5.89. The van der Waals surface area contributed by atoms with E-state index in [0.717, 1.165) is 12.8 Å². The van der Waals surface area contributed by atoms with Gasteiger partial charge in [0.05, 0.1) is 41.5 Å². The molecule has 0 bridgehead atoms. The molecule has 2 atom stereocenters. The third-order valence-electron chi connectivity index (χ3n) is 6.57. The molecule has 0 N–H and O–H groups in total. The molecule has 0 saturated carbocycles. The zero-order chi connectivity index (χ0) is 27.7. The zero-order valence-corrected chi connectivity index (χ0v) is 22.9. The van der Waals surface area contributed by atoms with Gasteiger partial charge in [-0.2, -0.15) is 0 Å². The van der Waals surface area contributed by atoms with Crippen LogP contribution in [0, 0.1) is 0 Å². The Morgan fingerprint density at radius 1 is 0.842 bits per heavy atom. The topological polar surface area (TPSA) is 102 Å². The summed E-state index contributed by atoms with van der Waals surface area (Å²) in [4.78, 5) is 28.2. The van der Waals surface area contributed by atoms with Gasteiger partial charge in [0.25, 0.3) is 0 Å². The molecule has 1 saturated heterocycles. The average molecular weight is 532 g/mol. The third kappa shape index (κ3) is 6.54. The lowest BCUT2D eigenvalue weighted by Gasteiger charge is -2.36. The van der Waals surface area contributed by atoms with Crippen molar-refractivity contribution in [2.45, 2.75) is 38.1 Å². The second kappa shape index (κ2) is 13.6. The van der Waals surface area contributed by atoms with Crippen LogP contribution in [0.3, 0.4) is 0 Å². The van der Waals surface area contributed by atoms with Gasteiger partial charge in [0.15, 0.2) is 23.0 Å². The molecule has 10 nitrogen and oxygen atoms in total. The van der Waals surface area contributed by atoms with Crippen LogP contribution in [0.4, 0.5) is 0 Å². The predicted molar refractivity (Wildman–Crippen MR) is 140 cm³/mol. The summed E-state index contributed by atoms with van der Waals surface area (Å²) >= 11 is 0. The van der Waals surface area contributed by atoms with Crippen molar-refractivity contribution in [1.29, 1.82) is 0 Å². The summed E-state index contributed by atoms with van der Waals surface area (Å²) in [5.41, 5.74) is 0.700. The first-order valence-electron chi connectivity index (χ1n) is 12.5. The number of piperidine rings is 1. The summed E-state index contributed by atoms with van der Waals surface area (Å²) < 4.78 is 38.0. The minimum atomic E-state index is -0.651. The first-order chi connectivity index (χ1) is 18.4. The molecule has 1 amide bonds. The summed E-state index contributed by atoms with van der Waals surface area (Å²) in [7, 11) is 7.68. The Morgan fingerprint density at radius 3 is 2.11 bits per heavy atom. The molecular weight excluding hydrogens is 494 g/mol. The number of benzene rings is 2. The normalized spacial score (nSPS) is 15.7. The van der Waals surface area contributed by atoms with E-state index in [0.29, 0.717) is 53.0 Å². The lowest BCUT2D eigenvalue weighted by molar-refractivity contribution is -0.158. The van der Waals surface area contributed by atoms with E-state index in [9.17, 15) is 9.59 Å². The van der Waals surface area contributed by atoms with Crippen LogP contribution in [0.25, 0.3) is 0 Å². The van der Waals surface area contributed by atoms with E-state index in [1.54, 1.807) is 56.4 Å². The highest BCUT2D eigenvalue weighted by atomic mass is 16.6. The summed E-state index contributed by atoms with van der Waals surface area (Å²) in [5, 5.41) is 0. The van der Waals surface area contributed by atoms with Gasteiger partial charge in [0, 0.05) is 12.6 Å². The molecule has 0 unspecified atom stereocenters. The second-order valence-electron chi connectivity index (χ2n) is 8.76. The van der Waals surface area contributed by atoms with Gasteiger partial charge in [-0.1, -0.05) is 0 Å². The van der Waals surface area contributed by atoms with Crippen molar-refractivity contribution in [3.8, 4) is 34.5 Å². The van der Waals surface area contributed by atoms with Crippen molar-refractivity contribution in [2.24, 2.45) is 0 Å². The Morgan fingerprint density at radius 2 is 1.50 bits per heavy atom. The molecule has 3 rings (SSSR count).